The summed E-state index contributed by atoms with van der Waals surface area (Å²) in [5.74, 6) is -2.45. The van der Waals surface area contributed by atoms with Crippen LogP contribution in [0.3, 0.4) is 0 Å². The highest BCUT2D eigenvalue weighted by molar-refractivity contribution is 6.01. The van der Waals surface area contributed by atoms with Crippen LogP contribution in [0.25, 0.3) is 11.1 Å². The van der Waals surface area contributed by atoms with E-state index in [1.165, 1.54) is 0 Å². The number of aryl methyl sites for hydroxylation is 2. The van der Waals surface area contributed by atoms with Gasteiger partial charge >= 0.3 is 0 Å². The molecule has 4 N–H and O–H groups in total. The molecule has 0 spiro atoms. The third-order valence-electron chi connectivity index (χ3n) is 3.30. The van der Waals surface area contributed by atoms with E-state index in [2.05, 4.69) is 16.9 Å². The Labute approximate surface area is 127 Å². The molecule has 2 aromatic rings. The third kappa shape index (κ3) is 3.06. The SMILES string of the molecule is C=C(F)C(=O)Nc1ccc(-c2cc(C(N)=O)[nH]c2C)c(C)c1. The molecular weight excluding hydrogens is 285 g/mol. The van der Waals surface area contributed by atoms with Crippen LogP contribution >= 0.6 is 0 Å². The Kier molecular flexibility index (Phi) is 4.12. The zero-order valence-corrected chi connectivity index (χ0v) is 12.3. The number of carbonyl (C=O) groups is 2. The molecule has 5 nitrogen and oxygen atoms in total. The van der Waals surface area contributed by atoms with Gasteiger partial charge in [0.2, 0.25) is 0 Å². The molecule has 1 aromatic heterocycles. The molecule has 114 valence electrons. The van der Waals surface area contributed by atoms with Gasteiger partial charge < -0.3 is 16.0 Å². The minimum absolute atomic E-state index is 0.331. The summed E-state index contributed by atoms with van der Waals surface area (Å²) in [6, 6.07) is 6.83. The van der Waals surface area contributed by atoms with Crippen molar-refractivity contribution in [1.29, 1.82) is 0 Å². The Morgan fingerprint density at radius 2 is 1.91 bits per heavy atom. The van der Waals surface area contributed by atoms with Crippen molar-refractivity contribution in [1.82, 2.24) is 4.98 Å². The Balaban J connectivity index is 2.36. The van der Waals surface area contributed by atoms with Crippen LogP contribution < -0.4 is 11.1 Å². The largest absolute Gasteiger partial charge is 0.364 e. The lowest BCUT2D eigenvalue weighted by Gasteiger charge is -2.09. The number of primary amides is 1. The van der Waals surface area contributed by atoms with Crippen molar-refractivity contribution >= 4 is 17.5 Å². The molecule has 1 heterocycles. The van der Waals surface area contributed by atoms with E-state index in [4.69, 9.17) is 5.73 Å². The van der Waals surface area contributed by atoms with E-state index < -0.39 is 17.6 Å². The van der Waals surface area contributed by atoms with Gasteiger partial charge in [0, 0.05) is 16.9 Å². The number of hydrogen-bond donors (Lipinski definition) is 3. The Morgan fingerprint density at radius 3 is 2.41 bits per heavy atom. The quantitative estimate of drug-likeness (QED) is 0.758. The molecule has 2 rings (SSSR count). The normalized spacial score (nSPS) is 10.3. The Morgan fingerprint density at radius 1 is 1.23 bits per heavy atom. The number of rotatable bonds is 4. The number of nitrogens with one attached hydrogen (secondary N) is 2. The van der Waals surface area contributed by atoms with Gasteiger partial charge in [-0.15, -0.1) is 0 Å². The monoisotopic (exact) mass is 301 g/mol. The molecule has 0 fully saturated rings. The summed E-state index contributed by atoms with van der Waals surface area (Å²) >= 11 is 0. The Hall–Kier alpha value is -2.89. The second-order valence-electron chi connectivity index (χ2n) is 4.97. The first-order valence-electron chi connectivity index (χ1n) is 6.55. The number of halogens is 1. The highest BCUT2D eigenvalue weighted by Gasteiger charge is 2.13. The van der Waals surface area contributed by atoms with E-state index >= 15 is 0 Å². The molecule has 0 saturated carbocycles. The number of H-pyrrole nitrogens is 1. The van der Waals surface area contributed by atoms with Crippen molar-refractivity contribution in [2.24, 2.45) is 5.73 Å². The average Bonchev–Trinajstić information content (AvgIpc) is 2.81. The molecule has 0 aliphatic heterocycles. The number of anilines is 1. The van der Waals surface area contributed by atoms with Gasteiger partial charge in [0.25, 0.3) is 11.8 Å². The molecule has 22 heavy (non-hydrogen) atoms. The zero-order chi connectivity index (χ0) is 16.4. The van der Waals surface area contributed by atoms with Gasteiger partial charge in [-0.3, -0.25) is 9.59 Å². The number of nitrogens with two attached hydrogens (primary N) is 1. The summed E-state index contributed by atoms with van der Waals surface area (Å²) in [5, 5.41) is 2.40. The minimum Gasteiger partial charge on any atom is -0.364 e. The van der Waals surface area contributed by atoms with Crippen molar-refractivity contribution in [2.75, 3.05) is 5.32 Å². The lowest BCUT2D eigenvalue weighted by Crippen LogP contribution is -2.11. The number of benzene rings is 1. The molecular formula is C16H16FN3O2. The van der Waals surface area contributed by atoms with Crippen molar-refractivity contribution in [3.05, 3.63) is 53.6 Å². The van der Waals surface area contributed by atoms with E-state index in [-0.39, 0.29) is 0 Å². The zero-order valence-electron chi connectivity index (χ0n) is 12.3. The lowest BCUT2D eigenvalue weighted by molar-refractivity contribution is -0.114. The van der Waals surface area contributed by atoms with Crippen LogP contribution in [0, 0.1) is 13.8 Å². The second kappa shape index (κ2) is 5.85. The number of hydrogen-bond acceptors (Lipinski definition) is 2. The van der Waals surface area contributed by atoms with Gasteiger partial charge in [-0.2, -0.15) is 0 Å². The molecule has 0 radical (unpaired) electrons. The van der Waals surface area contributed by atoms with E-state index in [0.29, 0.717) is 11.4 Å². The molecule has 0 saturated heterocycles. The van der Waals surface area contributed by atoms with Crippen LogP contribution in [-0.4, -0.2) is 16.8 Å². The highest BCUT2D eigenvalue weighted by Crippen LogP contribution is 2.29. The summed E-state index contributed by atoms with van der Waals surface area (Å²) in [6.07, 6.45) is 0. The van der Waals surface area contributed by atoms with Crippen molar-refractivity contribution in [3.8, 4) is 11.1 Å². The van der Waals surface area contributed by atoms with E-state index in [9.17, 15) is 14.0 Å². The topological polar surface area (TPSA) is 88.0 Å². The van der Waals surface area contributed by atoms with Gasteiger partial charge in [-0.05, 0) is 43.2 Å². The summed E-state index contributed by atoms with van der Waals surface area (Å²) in [6.45, 7) is 6.63. The van der Waals surface area contributed by atoms with Crippen molar-refractivity contribution in [2.45, 2.75) is 13.8 Å². The first-order chi connectivity index (χ1) is 10.3. The standard InChI is InChI=1S/C16H16FN3O2/c1-8-6-11(20-16(22)9(2)17)4-5-12(8)13-7-14(15(18)21)19-10(13)3/h4-7,19H,2H2,1,3H3,(H2,18,21)(H,20,22). The molecule has 2 amide bonds. The fourth-order valence-electron chi connectivity index (χ4n) is 2.21. The van der Waals surface area contributed by atoms with E-state index in [1.807, 2.05) is 13.8 Å². The number of amides is 2. The molecule has 0 atom stereocenters. The van der Waals surface area contributed by atoms with Crippen LogP contribution in [0.15, 0.2) is 36.7 Å². The average molecular weight is 301 g/mol. The van der Waals surface area contributed by atoms with E-state index in [0.717, 1.165) is 22.4 Å². The first-order valence-corrected chi connectivity index (χ1v) is 6.55. The van der Waals surface area contributed by atoms with Crippen molar-refractivity contribution < 1.29 is 14.0 Å². The summed E-state index contributed by atoms with van der Waals surface area (Å²) < 4.78 is 12.7. The van der Waals surface area contributed by atoms with Gasteiger partial charge in [-0.1, -0.05) is 12.6 Å². The summed E-state index contributed by atoms with van der Waals surface area (Å²) in [7, 11) is 0. The fourth-order valence-corrected chi connectivity index (χ4v) is 2.21. The molecule has 0 unspecified atom stereocenters. The molecule has 0 bridgehead atoms. The molecule has 6 heteroatoms. The second-order valence-corrected chi connectivity index (χ2v) is 4.97. The van der Waals surface area contributed by atoms with Crippen LogP contribution in [0.5, 0.6) is 0 Å². The van der Waals surface area contributed by atoms with Crippen LogP contribution in [-0.2, 0) is 4.79 Å². The van der Waals surface area contributed by atoms with E-state index in [1.54, 1.807) is 24.3 Å². The smallest absolute Gasteiger partial charge is 0.283 e. The lowest BCUT2D eigenvalue weighted by atomic mass is 10.00. The van der Waals surface area contributed by atoms with Gasteiger partial charge in [-0.25, -0.2) is 4.39 Å². The predicted molar refractivity (Wildman–Crippen MR) is 83.1 cm³/mol. The minimum atomic E-state index is -1.05. The Bertz CT molecular complexity index is 778. The molecule has 0 aliphatic rings. The number of aromatic amines is 1. The van der Waals surface area contributed by atoms with Gasteiger partial charge in [0.15, 0.2) is 5.83 Å². The highest BCUT2D eigenvalue weighted by atomic mass is 19.1. The fraction of sp³-hybridized carbons (Fsp3) is 0.125. The number of carbonyl (C=O) groups excluding carboxylic acids is 2. The van der Waals surface area contributed by atoms with Crippen LogP contribution in [0.2, 0.25) is 0 Å². The van der Waals surface area contributed by atoms with Gasteiger partial charge in [0.05, 0.1) is 0 Å². The summed E-state index contributed by atoms with van der Waals surface area (Å²) in [4.78, 5) is 25.4. The maximum Gasteiger partial charge on any atom is 0.283 e. The third-order valence-corrected chi connectivity index (χ3v) is 3.30. The summed E-state index contributed by atoms with van der Waals surface area (Å²) in [5.41, 5.74) is 9.46. The van der Waals surface area contributed by atoms with Crippen LogP contribution in [0.4, 0.5) is 10.1 Å². The maximum atomic E-state index is 12.7. The molecule has 1 aromatic carbocycles. The molecule has 0 aliphatic carbocycles. The maximum absolute atomic E-state index is 12.7. The predicted octanol–water partition coefficient (Wildman–Crippen LogP) is 2.82. The van der Waals surface area contributed by atoms with Crippen LogP contribution in [0.1, 0.15) is 21.7 Å². The van der Waals surface area contributed by atoms with Gasteiger partial charge in [0.1, 0.15) is 5.69 Å². The first kappa shape index (κ1) is 15.5. The number of aromatic nitrogens is 1. The van der Waals surface area contributed by atoms with Crippen molar-refractivity contribution in [3.63, 3.8) is 0 Å².